The van der Waals surface area contributed by atoms with Crippen molar-refractivity contribution in [1.29, 1.82) is 0 Å². The highest BCUT2D eigenvalue weighted by atomic mass is 19.1. The number of rotatable bonds is 1. The molecule has 0 aliphatic carbocycles. The quantitative estimate of drug-likeness (QED) is 0.692. The Kier molecular flexibility index (Phi) is 2.26. The molecule has 0 unspecified atom stereocenters. The lowest BCUT2D eigenvalue weighted by Crippen LogP contribution is -1.87. The molecular weight excluding hydrogens is 236 g/mol. The third-order valence-electron chi connectivity index (χ3n) is 2.83. The van der Waals surface area contributed by atoms with Crippen LogP contribution in [-0.4, -0.2) is 10.2 Å². The predicted molar refractivity (Wildman–Crippen MR) is 65.9 cm³/mol. The molecule has 0 saturated heterocycles. The number of aromatic nitrogens is 2. The maximum absolute atomic E-state index is 13.6. The molecule has 3 aromatic rings. The van der Waals surface area contributed by atoms with E-state index in [1.54, 1.807) is 18.2 Å². The zero-order valence-electron chi connectivity index (χ0n) is 9.24. The van der Waals surface area contributed by atoms with E-state index in [9.17, 15) is 8.78 Å². The molecule has 0 spiro atoms. The first-order valence-electron chi connectivity index (χ1n) is 5.34. The molecule has 18 heavy (non-hydrogen) atoms. The second-order valence-electron chi connectivity index (χ2n) is 3.99. The van der Waals surface area contributed by atoms with Crippen LogP contribution in [0, 0.1) is 11.6 Å². The monoisotopic (exact) mass is 245 g/mol. The van der Waals surface area contributed by atoms with Crippen LogP contribution in [0.5, 0.6) is 0 Å². The van der Waals surface area contributed by atoms with Crippen LogP contribution in [0.1, 0.15) is 0 Å². The first-order chi connectivity index (χ1) is 8.65. The molecule has 2 aromatic carbocycles. The maximum atomic E-state index is 13.6. The van der Waals surface area contributed by atoms with Crippen molar-refractivity contribution in [2.24, 2.45) is 0 Å². The predicted octanol–water partition coefficient (Wildman–Crippen LogP) is 3.09. The number of benzene rings is 2. The Labute approximate surface area is 101 Å². The lowest BCUT2D eigenvalue weighted by molar-refractivity contribution is 0.603. The number of nitrogens with one attached hydrogen (secondary N) is 1. The van der Waals surface area contributed by atoms with Crippen molar-refractivity contribution in [1.82, 2.24) is 10.2 Å². The molecule has 0 aliphatic rings. The lowest BCUT2D eigenvalue weighted by Gasteiger charge is -2.03. The molecule has 5 heteroatoms. The molecule has 3 N–H and O–H groups in total. The summed E-state index contributed by atoms with van der Waals surface area (Å²) in [6.07, 6.45) is 0. The number of halogens is 2. The van der Waals surface area contributed by atoms with Crippen LogP contribution in [0.4, 0.5) is 14.6 Å². The summed E-state index contributed by atoms with van der Waals surface area (Å²) in [6, 6.07) is 8.47. The van der Waals surface area contributed by atoms with Crippen molar-refractivity contribution >= 4 is 16.7 Å². The Bertz CT molecular complexity index is 734. The number of H-pyrrole nitrogens is 1. The largest absolute Gasteiger partial charge is 0.382 e. The van der Waals surface area contributed by atoms with E-state index in [4.69, 9.17) is 5.73 Å². The Balaban J connectivity index is 2.22. The minimum atomic E-state index is -0.476. The highest BCUT2D eigenvalue weighted by Gasteiger charge is 2.09. The number of anilines is 1. The highest BCUT2D eigenvalue weighted by molar-refractivity contribution is 5.91. The molecule has 0 saturated carbocycles. The van der Waals surface area contributed by atoms with Crippen molar-refractivity contribution in [2.75, 3.05) is 5.73 Å². The van der Waals surface area contributed by atoms with Crippen LogP contribution in [0.3, 0.4) is 0 Å². The summed E-state index contributed by atoms with van der Waals surface area (Å²) in [5, 5.41) is 7.36. The summed E-state index contributed by atoms with van der Waals surface area (Å²) in [5.41, 5.74) is 7.12. The van der Waals surface area contributed by atoms with E-state index in [1.807, 2.05) is 0 Å². The van der Waals surface area contributed by atoms with Gasteiger partial charge in [0.25, 0.3) is 0 Å². The second-order valence-corrected chi connectivity index (χ2v) is 3.99. The van der Waals surface area contributed by atoms with Gasteiger partial charge in [-0.1, -0.05) is 6.07 Å². The minimum absolute atomic E-state index is 0.213. The number of nitrogen functional groups attached to an aromatic ring is 1. The maximum Gasteiger partial charge on any atom is 0.153 e. The summed E-state index contributed by atoms with van der Waals surface area (Å²) in [7, 11) is 0. The van der Waals surface area contributed by atoms with Crippen LogP contribution < -0.4 is 5.73 Å². The van der Waals surface area contributed by atoms with Crippen molar-refractivity contribution in [3.63, 3.8) is 0 Å². The minimum Gasteiger partial charge on any atom is -0.382 e. The Morgan fingerprint density at radius 1 is 1.06 bits per heavy atom. The van der Waals surface area contributed by atoms with Crippen LogP contribution in [0.25, 0.3) is 22.0 Å². The Morgan fingerprint density at radius 2 is 1.89 bits per heavy atom. The van der Waals surface area contributed by atoms with Gasteiger partial charge in [0.1, 0.15) is 11.6 Å². The lowest BCUT2D eigenvalue weighted by atomic mass is 10.0. The number of fused-ring (bicyclic) bond motifs is 1. The Hall–Kier alpha value is -2.43. The number of hydrogen-bond donors (Lipinski definition) is 2. The van der Waals surface area contributed by atoms with Gasteiger partial charge in [0.2, 0.25) is 0 Å². The van der Waals surface area contributed by atoms with E-state index in [-0.39, 0.29) is 5.56 Å². The number of nitrogens with two attached hydrogens (primary N) is 1. The van der Waals surface area contributed by atoms with Gasteiger partial charge >= 0.3 is 0 Å². The van der Waals surface area contributed by atoms with Crippen LogP contribution in [0.2, 0.25) is 0 Å². The van der Waals surface area contributed by atoms with Gasteiger partial charge in [0.15, 0.2) is 5.82 Å². The van der Waals surface area contributed by atoms with E-state index >= 15 is 0 Å². The topological polar surface area (TPSA) is 54.7 Å². The van der Waals surface area contributed by atoms with Crippen LogP contribution in [-0.2, 0) is 0 Å². The molecule has 0 radical (unpaired) electrons. The summed E-state index contributed by atoms with van der Waals surface area (Å²) in [6.45, 7) is 0. The van der Waals surface area contributed by atoms with Gasteiger partial charge in [0, 0.05) is 10.9 Å². The van der Waals surface area contributed by atoms with Gasteiger partial charge in [-0.3, -0.25) is 5.10 Å². The van der Waals surface area contributed by atoms with Gasteiger partial charge in [-0.2, -0.15) is 5.10 Å². The fraction of sp³-hybridized carbons (Fsp3) is 0. The average Bonchev–Trinajstić information content (AvgIpc) is 2.74. The van der Waals surface area contributed by atoms with E-state index in [0.29, 0.717) is 16.9 Å². The first kappa shape index (κ1) is 10.7. The fourth-order valence-corrected chi connectivity index (χ4v) is 1.93. The first-order valence-corrected chi connectivity index (χ1v) is 5.34. The zero-order valence-corrected chi connectivity index (χ0v) is 9.24. The van der Waals surface area contributed by atoms with Crippen molar-refractivity contribution in [3.8, 4) is 11.1 Å². The van der Waals surface area contributed by atoms with E-state index in [2.05, 4.69) is 10.2 Å². The molecule has 0 bridgehead atoms. The number of aromatic amines is 1. The van der Waals surface area contributed by atoms with E-state index in [1.165, 1.54) is 0 Å². The smallest absolute Gasteiger partial charge is 0.153 e. The molecule has 0 amide bonds. The molecule has 0 atom stereocenters. The molecule has 3 rings (SSSR count). The summed E-state index contributed by atoms with van der Waals surface area (Å²) in [5.74, 6) is -0.560. The third kappa shape index (κ3) is 1.60. The van der Waals surface area contributed by atoms with Crippen molar-refractivity contribution < 1.29 is 8.78 Å². The van der Waals surface area contributed by atoms with Gasteiger partial charge in [-0.25, -0.2) is 8.78 Å². The van der Waals surface area contributed by atoms with Crippen molar-refractivity contribution in [3.05, 3.63) is 48.0 Å². The normalized spacial score (nSPS) is 11.0. The second kappa shape index (κ2) is 3.80. The average molecular weight is 245 g/mol. The number of nitrogens with zero attached hydrogens (tertiary/aromatic N) is 1. The summed E-state index contributed by atoms with van der Waals surface area (Å²) < 4.78 is 26.8. The summed E-state index contributed by atoms with van der Waals surface area (Å²) >= 11 is 0. The Morgan fingerprint density at radius 3 is 2.72 bits per heavy atom. The van der Waals surface area contributed by atoms with Gasteiger partial charge in [-0.05, 0) is 35.9 Å². The molecular formula is C13H9F2N3. The summed E-state index contributed by atoms with van der Waals surface area (Å²) in [4.78, 5) is 0. The van der Waals surface area contributed by atoms with Crippen LogP contribution in [0.15, 0.2) is 36.4 Å². The molecule has 0 fully saturated rings. The zero-order chi connectivity index (χ0) is 12.7. The van der Waals surface area contributed by atoms with Gasteiger partial charge < -0.3 is 5.73 Å². The number of hydrogen-bond acceptors (Lipinski definition) is 2. The third-order valence-corrected chi connectivity index (χ3v) is 2.83. The molecule has 3 nitrogen and oxygen atoms in total. The SMILES string of the molecule is Nc1n[nH]c2cc(-c3cc(F)ccc3F)ccc12. The molecule has 1 aromatic heterocycles. The molecule has 0 aliphatic heterocycles. The van der Waals surface area contributed by atoms with Gasteiger partial charge in [0.05, 0.1) is 5.52 Å². The van der Waals surface area contributed by atoms with Crippen molar-refractivity contribution in [2.45, 2.75) is 0 Å². The fourth-order valence-electron chi connectivity index (χ4n) is 1.93. The highest BCUT2D eigenvalue weighted by Crippen LogP contribution is 2.28. The van der Waals surface area contributed by atoms with E-state index < -0.39 is 11.6 Å². The van der Waals surface area contributed by atoms with Gasteiger partial charge in [-0.15, -0.1) is 0 Å². The standard InChI is InChI=1S/C13H9F2N3/c14-8-2-4-11(15)10(6-8)7-1-3-9-12(5-7)17-18-13(9)16/h1-6H,(H3,16,17,18). The van der Waals surface area contributed by atoms with E-state index in [0.717, 1.165) is 23.6 Å². The molecule has 90 valence electrons. The molecule has 1 heterocycles. The van der Waals surface area contributed by atoms with Crippen LogP contribution >= 0.6 is 0 Å².